The Morgan fingerprint density at radius 3 is 2.48 bits per heavy atom. The Bertz CT molecular complexity index is 1110. The van der Waals surface area contributed by atoms with E-state index in [2.05, 4.69) is 4.98 Å². The highest BCUT2D eigenvalue weighted by Crippen LogP contribution is 2.36. The van der Waals surface area contributed by atoms with Crippen LogP contribution in [0.5, 0.6) is 0 Å². The molecule has 0 aliphatic carbocycles. The van der Waals surface area contributed by atoms with Gasteiger partial charge in [-0.2, -0.15) is 0 Å². The number of nitrogen functional groups attached to an aromatic ring is 1. The van der Waals surface area contributed by atoms with E-state index in [-0.39, 0.29) is 5.69 Å². The van der Waals surface area contributed by atoms with E-state index in [0.29, 0.717) is 11.7 Å². The first-order chi connectivity index (χ1) is 13.1. The quantitative estimate of drug-likeness (QED) is 0.551. The van der Waals surface area contributed by atoms with Crippen molar-refractivity contribution in [3.8, 4) is 5.69 Å². The number of rotatable bonds is 5. The summed E-state index contributed by atoms with van der Waals surface area (Å²) < 4.78 is 4.46. The van der Waals surface area contributed by atoms with Crippen molar-refractivity contribution in [2.24, 2.45) is 0 Å². The number of nitrogens with zero attached hydrogens (tertiary/aromatic N) is 3. The zero-order valence-corrected chi connectivity index (χ0v) is 16.3. The molecule has 4 aromatic rings. The standard InChI is InChI=1S/C20H18N4OS2/c1-14-18(27-19(21)22-14)26-17-9-7-16(8-10-17)24-12-11-23(20(24)25)13-15-5-3-2-4-6-15/h2-12H,13H2,1H3,(H2,21,22). The average molecular weight is 395 g/mol. The Hall–Kier alpha value is -2.77. The van der Waals surface area contributed by atoms with Crippen LogP contribution in [0, 0.1) is 6.92 Å². The van der Waals surface area contributed by atoms with Crippen molar-refractivity contribution in [3.63, 3.8) is 0 Å². The fourth-order valence-corrected chi connectivity index (χ4v) is 4.75. The average Bonchev–Trinajstić information content (AvgIpc) is 3.18. The lowest BCUT2D eigenvalue weighted by molar-refractivity contribution is 0.742. The number of aryl methyl sites for hydroxylation is 1. The molecule has 0 amide bonds. The Balaban J connectivity index is 1.54. The third kappa shape index (κ3) is 3.84. The predicted molar refractivity (Wildman–Crippen MR) is 111 cm³/mol. The van der Waals surface area contributed by atoms with Crippen LogP contribution in [-0.2, 0) is 6.54 Å². The molecule has 0 saturated carbocycles. The van der Waals surface area contributed by atoms with Crippen molar-refractivity contribution >= 4 is 28.2 Å². The molecule has 0 spiro atoms. The van der Waals surface area contributed by atoms with Gasteiger partial charge in [0.2, 0.25) is 0 Å². The molecule has 0 saturated heterocycles. The van der Waals surface area contributed by atoms with Gasteiger partial charge in [-0.1, -0.05) is 53.4 Å². The second-order valence-electron chi connectivity index (χ2n) is 6.09. The number of anilines is 1. The zero-order chi connectivity index (χ0) is 18.8. The number of hydrogen-bond donors (Lipinski definition) is 1. The van der Waals surface area contributed by atoms with Gasteiger partial charge in [0.05, 0.1) is 22.1 Å². The van der Waals surface area contributed by atoms with E-state index in [9.17, 15) is 4.79 Å². The molecule has 27 heavy (non-hydrogen) atoms. The number of thiazole rings is 1. The van der Waals surface area contributed by atoms with Crippen molar-refractivity contribution in [3.05, 3.63) is 88.7 Å². The van der Waals surface area contributed by atoms with Crippen LogP contribution in [-0.4, -0.2) is 14.1 Å². The number of benzene rings is 2. The summed E-state index contributed by atoms with van der Waals surface area (Å²) in [6, 6.07) is 17.9. The molecule has 2 heterocycles. The summed E-state index contributed by atoms with van der Waals surface area (Å²) in [5, 5.41) is 0.581. The van der Waals surface area contributed by atoms with Gasteiger partial charge in [-0.15, -0.1) is 0 Å². The molecule has 0 radical (unpaired) electrons. The summed E-state index contributed by atoms with van der Waals surface area (Å²) in [5.74, 6) is 0. The zero-order valence-electron chi connectivity index (χ0n) is 14.7. The molecule has 2 N–H and O–H groups in total. The minimum atomic E-state index is -0.0506. The SMILES string of the molecule is Cc1nc(N)sc1Sc1ccc(-n2ccn(Cc3ccccc3)c2=O)cc1. The summed E-state index contributed by atoms with van der Waals surface area (Å²) >= 11 is 3.12. The van der Waals surface area contributed by atoms with Crippen LogP contribution in [0.15, 0.2) is 80.9 Å². The monoisotopic (exact) mass is 394 g/mol. The molecular formula is C20H18N4OS2. The van der Waals surface area contributed by atoms with Crippen LogP contribution in [0.1, 0.15) is 11.3 Å². The predicted octanol–water partition coefficient (Wildman–Crippen LogP) is 4.19. The molecule has 2 aromatic carbocycles. The van der Waals surface area contributed by atoms with Gasteiger partial charge in [-0.05, 0) is 36.8 Å². The lowest BCUT2D eigenvalue weighted by Gasteiger charge is -2.05. The summed E-state index contributed by atoms with van der Waals surface area (Å²) in [6.45, 7) is 2.52. The Labute approximate surface area is 165 Å². The highest BCUT2D eigenvalue weighted by molar-refractivity contribution is 8.01. The number of nitrogens with two attached hydrogens (primary N) is 1. The van der Waals surface area contributed by atoms with Crippen molar-refractivity contribution in [1.82, 2.24) is 14.1 Å². The molecule has 0 atom stereocenters. The van der Waals surface area contributed by atoms with E-state index in [1.165, 1.54) is 11.3 Å². The first-order valence-corrected chi connectivity index (χ1v) is 10.1. The van der Waals surface area contributed by atoms with E-state index >= 15 is 0 Å². The van der Waals surface area contributed by atoms with Gasteiger partial charge in [0.15, 0.2) is 5.13 Å². The topological polar surface area (TPSA) is 65.8 Å². The van der Waals surface area contributed by atoms with Crippen LogP contribution in [0.4, 0.5) is 5.13 Å². The molecule has 5 nitrogen and oxygen atoms in total. The summed E-state index contributed by atoms with van der Waals surface area (Å²) in [5.41, 5.74) is 8.60. The Kier molecular flexibility index (Phi) is 4.87. The molecule has 2 aromatic heterocycles. The first kappa shape index (κ1) is 17.6. The Morgan fingerprint density at radius 1 is 1.07 bits per heavy atom. The van der Waals surface area contributed by atoms with Crippen LogP contribution in [0.3, 0.4) is 0 Å². The number of imidazole rings is 1. The van der Waals surface area contributed by atoms with Crippen molar-refractivity contribution in [2.75, 3.05) is 5.73 Å². The van der Waals surface area contributed by atoms with Crippen LogP contribution in [0.2, 0.25) is 0 Å². The van der Waals surface area contributed by atoms with E-state index in [4.69, 9.17) is 5.73 Å². The fourth-order valence-electron chi connectivity index (χ4n) is 2.79. The van der Waals surface area contributed by atoms with E-state index in [0.717, 1.165) is 26.0 Å². The van der Waals surface area contributed by atoms with Crippen LogP contribution >= 0.6 is 23.1 Å². The maximum atomic E-state index is 12.7. The normalized spacial score (nSPS) is 11.0. The van der Waals surface area contributed by atoms with Gasteiger partial charge >= 0.3 is 5.69 Å². The van der Waals surface area contributed by atoms with Crippen molar-refractivity contribution in [2.45, 2.75) is 22.6 Å². The lowest BCUT2D eigenvalue weighted by atomic mass is 10.2. The largest absolute Gasteiger partial charge is 0.375 e. The maximum absolute atomic E-state index is 12.7. The van der Waals surface area contributed by atoms with E-state index in [1.807, 2.05) is 73.9 Å². The molecule has 136 valence electrons. The van der Waals surface area contributed by atoms with Crippen molar-refractivity contribution in [1.29, 1.82) is 0 Å². The van der Waals surface area contributed by atoms with Gasteiger partial charge in [0.25, 0.3) is 0 Å². The van der Waals surface area contributed by atoms with Gasteiger partial charge in [-0.25, -0.2) is 9.78 Å². The summed E-state index contributed by atoms with van der Waals surface area (Å²) in [4.78, 5) is 18.0. The highest BCUT2D eigenvalue weighted by Gasteiger charge is 2.09. The molecule has 0 aliphatic rings. The minimum Gasteiger partial charge on any atom is -0.375 e. The number of hydrogen-bond acceptors (Lipinski definition) is 5. The fraction of sp³-hybridized carbons (Fsp3) is 0.100. The third-order valence-electron chi connectivity index (χ3n) is 4.14. The Morgan fingerprint density at radius 2 is 1.81 bits per heavy atom. The molecule has 7 heteroatoms. The van der Waals surface area contributed by atoms with Crippen LogP contribution < -0.4 is 11.4 Å². The molecular weight excluding hydrogens is 376 g/mol. The van der Waals surface area contributed by atoms with Gasteiger partial charge < -0.3 is 5.73 Å². The van der Waals surface area contributed by atoms with E-state index in [1.54, 1.807) is 20.9 Å². The second-order valence-corrected chi connectivity index (χ2v) is 8.46. The maximum Gasteiger partial charge on any atom is 0.333 e. The number of aromatic nitrogens is 3. The first-order valence-electron chi connectivity index (χ1n) is 8.43. The van der Waals surface area contributed by atoms with Crippen molar-refractivity contribution < 1.29 is 0 Å². The lowest BCUT2D eigenvalue weighted by Crippen LogP contribution is -2.23. The van der Waals surface area contributed by atoms with Crippen LogP contribution in [0.25, 0.3) is 5.69 Å². The molecule has 0 aliphatic heterocycles. The highest BCUT2D eigenvalue weighted by atomic mass is 32.2. The molecule has 4 rings (SSSR count). The molecule has 0 bridgehead atoms. The minimum absolute atomic E-state index is 0.0506. The summed E-state index contributed by atoms with van der Waals surface area (Å²) in [7, 11) is 0. The smallest absolute Gasteiger partial charge is 0.333 e. The third-order valence-corrected chi connectivity index (χ3v) is 6.41. The summed E-state index contributed by atoms with van der Waals surface area (Å²) in [6.07, 6.45) is 3.63. The molecule has 0 unspecified atom stereocenters. The van der Waals surface area contributed by atoms with Gasteiger partial charge in [0, 0.05) is 17.3 Å². The van der Waals surface area contributed by atoms with E-state index < -0.39 is 0 Å². The van der Waals surface area contributed by atoms with Gasteiger partial charge in [-0.3, -0.25) is 9.13 Å². The second kappa shape index (κ2) is 7.46. The molecule has 0 fully saturated rings. The van der Waals surface area contributed by atoms with Gasteiger partial charge in [0.1, 0.15) is 0 Å².